The lowest BCUT2D eigenvalue weighted by Gasteiger charge is -2.32. The van der Waals surface area contributed by atoms with Crippen LogP contribution in [0.25, 0.3) is 22.2 Å². The average molecular weight is 598 g/mol. The fourth-order valence-corrected chi connectivity index (χ4v) is 6.75. The van der Waals surface area contributed by atoms with Crippen LogP contribution in [0.1, 0.15) is 66.8 Å². The predicted molar refractivity (Wildman–Crippen MR) is 158 cm³/mol. The number of carbonyl (C=O) groups excluding carboxylic acids is 3. The molecule has 0 N–H and O–H groups in total. The average Bonchev–Trinajstić information content (AvgIpc) is 3.30. The summed E-state index contributed by atoms with van der Waals surface area (Å²) >= 11 is 0. The molecule has 5 rings (SSSR count). The van der Waals surface area contributed by atoms with Crippen LogP contribution >= 0.6 is 0 Å². The van der Waals surface area contributed by atoms with Crippen molar-refractivity contribution in [3.63, 3.8) is 0 Å². The number of alkyl halides is 3. The van der Waals surface area contributed by atoms with Gasteiger partial charge in [0.15, 0.2) is 0 Å². The quantitative estimate of drug-likeness (QED) is 0.233. The highest BCUT2D eigenvalue weighted by atomic mass is 19.4. The number of esters is 2. The van der Waals surface area contributed by atoms with Gasteiger partial charge in [-0.2, -0.15) is 13.2 Å². The van der Waals surface area contributed by atoms with E-state index in [1.807, 2.05) is 34.9 Å². The molecule has 43 heavy (non-hydrogen) atoms. The van der Waals surface area contributed by atoms with Gasteiger partial charge in [-0.3, -0.25) is 4.79 Å². The molecule has 1 saturated carbocycles. The normalized spacial score (nSPS) is 18.5. The van der Waals surface area contributed by atoms with Gasteiger partial charge in [-0.15, -0.1) is 0 Å². The van der Waals surface area contributed by atoms with E-state index in [0.717, 1.165) is 80.2 Å². The van der Waals surface area contributed by atoms with Gasteiger partial charge in [-0.1, -0.05) is 55.7 Å². The number of hydrogen-bond acceptors (Lipinski definition) is 5. The highest BCUT2D eigenvalue weighted by molar-refractivity contribution is 6.02. The molecule has 230 valence electrons. The third-order valence-corrected chi connectivity index (χ3v) is 8.79. The summed E-state index contributed by atoms with van der Waals surface area (Å²) in [6, 6.07) is 14.3. The number of piperidine rings is 1. The predicted octanol–water partition coefficient (Wildman–Crippen LogP) is 6.40. The number of hydrogen-bond donors (Lipinski definition) is 0. The highest BCUT2D eigenvalue weighted by Crippen LogP contribution is 2.44. The molecule has 1 saturated heterocycles. The zero-order valence-electron chi connectivity index (χ0n) is 24.7. The minimum absolute atomic E-state index is 0.00745. The maximum absolute atomic E-state index is 13.8. The zero-order valence-corrected chi connectivity index (χ0v) is 24.7. The molecule has 1 aromatic heterocycles. The van der Waals surface area contributed by atoms with Gasteiger partial charge in [0.1, 0.15) is 6.54 Å². The van der Waals surface area contributed by atoms with Crippen LogP contribution in [0.15, 0.2) is 48.5 Å². The second-order valence-corrected chi connectivity index (χ2v) is 12.0. The first-order chi connectivity index (χ1) is 20.5. The molecule has 1 aliphatic carbocycles. The van der Waals surface area contributed by atoms with E-state index in [0.29, 0.717) is 18.0 Å². The maximum Gasteiger partial charge on any atom is 0.491 e. The summed E-state index contributed by atoms with van der Waals surface area (Å²) in [5.74, 6) is -3.46. The first kappa shape index (κ1) is 30.8. The molecule has 7 nitrogen and oxygen atoms in total. The van der Waals surface area contributed by atoms with Crippen molar-refractivity contribution < 1.29 is 32.3 Å². The van der Waals surface area contributed by atoms with Crippen molar-refractivity contribution in [2.75, 3.05) is 33.7 Å². The summed E-state index contributed by atoms with van der Waals surface area (Å²) in [6.45, 7) is 2.59. The van der Waals surface area contributed by atoms with E-state index in [1.54, 1.807) is 18.0 Å². The SMILES string of the molecule is CN1CCCC(CN(C)C(=O)Cn2c(-c3ccccc3)c(C3CCCCC3)c3ccc(C(=O)OC(=O)C(F)(F)F)cc32)C1. The number of halogens is 3. The lowest BCUT2D eigenvalue weighted by molar-refractivity contribution is -0.193. The minimum Gasteiger partial charge on any atom is -0.383 e. The van der Waals surface area contributed by atoms with E-state index in [4.69, 9.17) is 0 Å². The molecule has 3 aromatic rings. The monoisotopic (exact) mass is 597 g/mol. The third kappa shape index (κ3) is 6.95. The summed E-state index contributed by atoms with van der Waals surface area (Å²) in [5, 5.41) is 0.841. The van der Waals surface area contributed by atoms with Crippen molar-refractivity contribution in [2.24, 2.45) is 5.92 Å². The van der Waals surface area contributed by atoms with Crippen LogP contribution in [0.4, 0.5) is 13.2 Å². The van der Waals surface area contributed by atoms with Crippen LogP contribution in [-0.2, 0) is 20.9 Å². The molecule has 10 heteroatoms. The van der Waals surface area contributed by atoms with E-state index < -0.39 is 18.1 Å². The maximum atomic E-state index is 13.8. The van der Waals surface area contributed by atoms with Crippen molar-refractivity contribution in [1.82, 2.24) is 14.4 Å². The molecular formula is C33H38F3N3O4. The van der Waals surface area contributed by atoms with Crippen LogP contribution < -0.4 is 0 Å². The molecule has 0 bridgehead atoms. The minimum atomic E-state index is -5.29. The molecule has 0 spiro atoms. The summed E-state index contributed by atoms with van der Waals surface area (Å²) in [6.07, 6.45) is 2.11. The van der Waals surface area contributed by atoms with Gasteiger partial charge < -0.3 is 19.1 Å². The Kier molecular flexibility index (Phi) is 9.25. The molecule has 2 fully saturated rings. The Morgan fingerprint density at radius 2 is 1.70 bits per heavy atom. The van der Waals surface area contributed by atoms with Crippen LogP contribution in [0.3, 0.4) is 0 Å². The van der Waals surface area contributed by atoms with E-state index in [9.17, 15) is 27.6 Å². The second kappa shape index (κ2) is 12.9. The molecule has 0 radical (unpaired) electrons. The Morgan fingerprint density at radius 3 is 2.37 bits per heavy atom. The van der Waals surface area contributed by atoms with Gasteiger partial charge >= 0.3 is 18.1 Å². The molecule has 1 aliphatic heterocycles. The fraction of sp³-hybridized carbons (Fsp3) is 0.485. The van der Waals surface area contributed by atoms with E-state index in [-0.39, 0.29) is 23.9 Å². The van der Waals surface area contributed by atoms with Crippen molar-refractivity contribution in [1.29, 1.82) is 0 Å². The molecule has 1 atom stereocenters. The number of amides is 1. The number of nitrogens with zero attached hydrogens (tertiary/aromatic N) is 3. The van der Waals surface area contributed by atoms with Gasteiger partial charge in [0.05, 0.1) is 16.8 Å². The van der Waals surface area contributed by atoms with E-state index in [2.05, 4.69) is 16.7 Å². The van der Waals surface area contributed by atoms with Crippen molar-refractivity contribution in [3.05, 3.63) is 59.7 Å². The van der Waals surface area contributed by atoms with Crippen molar-refractivity contribution in [2.45, 2.75) is 63.6 Å². The Labute approximate surface area is 249 Å². The number of rotatable bonds is 7. The van der Waals surface area contributed by atoms with Crippen LogP contribution in [0.5, 0.6) is 0 Å². The zero-order chi connectivity index (χ0) is 30.7. The molecule has 2 aliphatic rings. The number of likely N-dealkylation sites (N-methyl/N-ethyl adjacent to an activating group) is 1. The third-order valence-electron chi connectivity index (χ3n) is 8.79. The first-order valence-electron chi connectivity index (χ1n) is 15.0. The highest BCUT2D eigenvalue weighted by Gasteiger charge is 2.42. The van der Waals surface area contributed by atoms with Gasteiger partial charge in [-0.05, 0) is 74.4 Å². The molecule has 2 heterocycles. The van der Waals surface area contributed by atoms with Crippen LogP contribution in [0, 0.1) is 5.92 Å². The van der Waals surface area contributed by atoms with Crippen molar-refractivity contribution in [3.8, 4) is 11.3 Å². The van der Waals surface area contributed by atoms with E-state index >= 15 is 0 Å². The van der Waals surface area contributed by atoms with E-state index in [1.165, 1.54) is 12.1 Å². The number of carbonyl (C=O) groups is 3. The Balaban J connectivity index is 1.59. The molecular weight excluding hydrogens is 559 g/mol. The fourth-order valence-electron chi connectivity index (χ4n) is 6.75. The van der Waals surface area contributed by atoms with Crippen LogP contribution in [-0.4, -0.2) is 72.1 Å². The van der Waals surface area contributed by atoms with Gasteiger partial charge in [-0.25, -0.2) is 9.59 Å². The number of benzene rings is 2. The number of likely N-dealkylation sites (tertiary alicyclic amines) is 1. The summed E-state index contributed by atoms with van der Waals surface area (Å²) in [4.78, 5) is 41.9. The van der Waals surface area contributed by atoms with Gasteiger partial charge in [0, 0.05) is 25.5 Å². The number of aromatic nitrogens is 1. The Bertz CT molecular complexity index is 1480. The molecule has 2 aromatic carbocycles. The summed E-state index contributed by atoms with van der Waals surface area (Å²) in [5.41, 5.74) is 3.23. The second-order valence-electron chi connectivity index (χ2n) is 12.0. The van der Waals surface area contributed by atoms with Gasteiger partial charge in [0.2, 0.25) is 5.91 Å². The number of fused-ring (bicyclic) bond motifs is 1. The Morgan fingerprint density at radius 1 is 0.977 bits per heavy atom. The lowest BCUT2D eigenvalue weighted by Crippen LogP contribution is -2.40. The lowest BCUT2D eigenvalue weighted by atomic mass is 9.82. The number of ether oxygens (including phenoxy) is 1. The Hall–Kier alpha value is -3.66. The largest absolute Gasteiger partial charge is 0.491 e. The molecule has 1 unspecified atom stereocenters. The standard InChI is InChI=1S/C33H38F3N3O4/c1-37-17-9-10-22(19-37)20-38(2)28(40)21-39-27-18-25(31(41)43-32(42)33(34,35)36)15-16-26(27)29(23-11-5-3-6-12-23)30(39)24-13-7-4-8-14-24/h4,7-8,13-16,18,22-23H,3,5-6,9-12,17,19-21H2,1-2H3. The van der Waals surface area contributed by atoms with Gasteiger partial charge in [0.25, 0.3) is 0 Å². The first-order valence-corrected chi connectivity index (χ1v) is 15.0. The topological polar surface area (TPSA) is 71.8 Å². The smallest absolute Gasteiger partial charge is 0.383 e. The molecule has 1 amide bonds. The summed E-state index contributed by atoms with van der Waals surface area (Å²) in [7, 11) is 3.89. The van der Waals surface area contributed by atoms with Crippen LogP contribution in [0.2, 0.25) is 0 Å². The summed E-state index contributed by atoms with van der Waals surface area (Å²) < 4.78 is 44.5. The van der Waals surface area contributed by atoms with Crippen molar-refractivity contribution >= 4 is 28.7 Å².